The summed E-state index contributed by atoms with van der Waals surface area (Å²) in [4.78, 5) is 15.0. The van der Waals surface area contributed by atoms with Gasteiger partial charge in [0.1, 0.15) is 5.76 Å². The average Bonchev–Trinajstić information content (AvgIpc) is 3.39. The highest BCUT2D eigenvalue weighted by Crippen LogP contribution is 2.29. The topological polar surface area (TPSA) is 85.4 Å². The lowest BCUT2D eigenvalue weighted by Gasteiger charge is -2.30. The van der Waals surface area contributed by atoms with Crippen LogP contribution < -0.4 is 10.2 Å². The summed E-state index contributed by atoms with van der Waals surface area (Å²) in [6, 6.07) is 9.79. The predicted molar refractivity (Wildman–Crippen MR) is 122 cm³/mol. The Hall–Kier alpha value is -2.78. The van der Waals surface area contributed by atoms with E-state index in [1.54, 1.807) is 6.26 Å². The minimum Gasteiger partial charge on any atom is -0.469 e. The van der Waals surface area contributed by atoms with Gasteiger partial charge in [-0.3, -0.25) is 4.79 Å². The number of nitrogens with zero attached hydrogens (tertiary/aromatic N) is 4. The molecule has 9 heteroatoms. The number of morpholine rings is 1. The number of aryl methyl sites for hydroxylation is 1. The average molecular weight is 442 g/mol. The molecule has 1 fully saturated rings. The number of aromatic nitrogens is 3. The molecule has 8 nitrogen and oxygen atoms in total. The molecule has 2 aromatic heterocycles. The zero-order valence-corrected chi connectivity index (χ0v) is 18.7. The van der Waals surface area contributed by atoms with Crippen molar-refractivity contribution in [1.82, 2.24) is 14.8 Å². The van der Waals surface area contributed by atoms with E-state index in [1.807, 2.05) is 37.3 Å². The summed E-state index contributed by atoms with van der Waals surface area (Å²) in [5.74, 6) is 1.76. The van der Waals surface area contributed by atoms with Crippen molar-refractivity contribution in [3.63, 3.8) is 0 Å². The number of rotatable bonds is 8. The van der Waals surface area contributed by atoms with Crippen LogP contribution in [0.4, 0.5) is 11.4 Å². The molecular weight excluding hydrogens is 414 g/mol. The number of anilines is 2. The molecule has 0 saturated carbocycles. The van der Waals surface area contributed by atoms with E-state index in [1.165, 1.54) is 11.8 Å². The number of carbonyl (C=O) groups excluding carboxylic acids is 1. The third kappa shape index (κ3) is 4.94. The van der Waals surface area contributed by atoms with Crippen LogP contribution in [0.25, 0.3) is 11.4 Å². The monoisotopic (exact) mass is 441 g/mol. The van der Waals surface area contributed by atoms with Crippen molar-refractivity contribution in [2.75, 3.05) is 42.3 Å². The summed E-state index contributed by atoms with van der Waals surface area (Å²) in [6.07, 6.45) is 2.59. The van der Waals surface area contributed by atoms with Crippen molar-refractivity contribution >= 4 is 29.0 Å². The second kappa shape index (κ2) is 10.0. The van der Waals surface area contributed by atoms with E-state index in [2.05, 4.69) is 31.9 Å². The lowest BCUT2D eigenvalue weighted by Crippen LogP contribution is -2.36. The van der Waals surface area contributed by atoms with E-state index in [9.17, 15) is 4.79 Å². The van der Waals surface area contributed by atoms with Crippen LogP contribution in [0.2, 0.25) is 0 Å². The molecule has 0 bridgehead atoms. The third-order valence-electron chi connectivity index (χ3n) is 5.13. The Labute approximate surface area is 186 Å². The van der Waals surface area contributed by atoms with Crippen molar-refractivity contribution in [3.8, 4) is 11.4 Å². The Kier molecular flexibility index (Phi) is 6.93. The highest BCUT2D eigenvalue weighted by Gasteiger charge is 2.19. The molecule has 3 aromatic rings. The van der Waals surface area contributed by atoms with E-state index in [-0.39, 0.29) is 11.7 Å². The summed E-state index contributed by atoms with van der Waals surface area (Å²) < 4.78 is 12.9. The molecule has 0 aliphatic carbocycles. The molecule has 1 amide bonds. The molecule has 164 valence electrons. The number of ether oxygens (including phenoxy) is 1. The van der Waals surface area contributed by atoms with Crippen molar-refractivity contribution in [2.45, 2.75) is 32.0 Å². The van der Waals surface area contributed by atoms with E-state index >= 15 is 0 Å². The summed E-state index contributed by atoms with van der Waals surface area (Å²) in [7, 11) is 0. The van der Waals surface area contributed by atoms with Gasteiger partial charge in [0.05, 0.1) is 42.2 Å². The summed E-state index contributed by atoms with van der Waals surface area (Å²) in [6.45, 7) is 7.82. The number of benzene rings is 1. The fourth-order valence-corrected chi connectivity index (χ4v) is 4.38. The zero-order chi connectivity index (χ0) is 21.6. The second-order valence-corrected chi connectivity index (χ2v) is 8.24. The molecule has 1 saturated heterocycles. The van der Waals surface area contributed by atoms with E-state index in [0.717, 1.165) is 59.7 Å². The number of hydrogen-bond acceptors (Lipinski definition) is 7. The van der Waals surface area contributed by atoms with Crippen LogP contribution >= 0.6 is 11.8 Å². The van der Waals surface area contributed by atoms with Gasteiger partial charge in [0.15, 0.2) is 11.0 Å². The number of nitrogens with one attached hydrogen (secondary N) is 1. The van der Waals surface area contributed by atoms with E-state index in [0.29, 0.717) is 13.2 Å². The number of furan rings is 1. The van der Waals surface area contributed by atoms with Crippen molar-refractivity contribution in [2.24, 2.45) is 0 Å². The Morgan fingerprint density at radius 1 is 1.19 bits per heavy atom. The van der Waals surface area contributed by atoms with Gasteiger partial charge in [0.25, 0.3) is 0 Å². The maximum absolute atomic E-state index is 12.7. The standard InChI is InChI=1S/C22H27N5O3S/c1-3-9-27-21(17-8-12-30-16(17)2)24-25-22(27)31-15-20(28)23-18-6-4-5-7-19(18)26-10-13-29-14-11-26/h4-8,12H,3,9-11,13-15H2,1-2H3,(H,23,28). The van der Waals surface area contributed by atoms with Crippen molar-refractivity contribution in [3.05, 3.63) is 42.4 Å². The molecule has 1 N–H and O–H groups in total. The van der Waals surface area contributed by atoms with Crippen LogP contribution in [0.5, 0.6) is 0 Å². The minimum atomic E-state index is -0.0715. The molecule has 0 spiro atoms. The lowest BCUT2D eigenvalue weighted by atomic mass is 10.2. The van der Waals surface area contributed by atoms with Gasteiger partial charge < -0.3 is 23.9 Å². The highest BCUT2D eigenvalue weighted by molar-refractivity contribution is 7.99. The maximum Gasteiger partial charge on any atom is 0.234 e. The predicted octanol–water partition coefficient (Wildman–Crippen LogP) is 3.82. The van der Waals surface area contributed by atoms with E-state index in [4.69, 9.17) is 9.15 Å². The summed E-state index contributed by atoms with van der Waals surface area (Å²) in [5, 5.41) is 12.5. The molecule has 0 unspecified atom stereocenters. The van der Waals surface area contributed by atoms with Gasteiger partial charge >= 0.3 is 0 Å². The SMILES string of the molecule is CCCn1c(SCC(=O)Nc2ccccc2N2CCOCC2)nnc1-c1ccoc1C. The molecule has 1 aromatic carbocycles. The molecule has 4 rings (SSSR count). The Morgan fingerprint density at radius 3 is 2.74 bits per heavy atom. The molecule has 0 atom stereocenters. The molecule has 0 radical (unpaired) electrons. The Bertz CT molecular complexity index is 1030. The largest absolute Gasteiger partial charge is 0.469 e. The quantitative estimate of drug-likeness (QED) is 0.532. The van der Waals surface area contributed by atoms with Crippen molar-refractivity contribution < 1.29 is 13.9 Å². The van der Waals surface area contributed by atoms with Crippen LogP contribution in [-0.4, -0.2) is 52.7 Å². The van der Waals surface area contributed by atoms with Gasteiger partial charge in [0.2, 0.25) is 5.91 Å². The first-order valence-corrected chi connectivity index (χ1v) is 11.5. The second-order valence-electron chi connectivity index (χ2n) is 7.30. The van der Waals surface area contributed by atoms with Gasteiger partial charge in [0, 0.05) is 19.6 Å². The van der Waals surface area contributed by atoms with Gasteiger partial charge in [-0.05, 0) is 31.5 Å². The summed E-state index contributed by atoms with van der Waals surface area (Å²) >= 11 is 1.39. The number of amides is 1. The lowest BCUT2D eigenvalue weighted by molar-refractivity contribution is -0.113. The Morgan fingerprint density at radius 2 is 2.00 bits per heavy atom. The molecule has 1 aliphatic heterocycles. The number of carbonyl (C=O) groups is 1. The normalized spacial score (nSPS) is 14.1. The fraction of sp³-hybridized carbons (Fsp3) is 0.409. The number of thioether (sulfide) groups is 1. The first kappa shape index (κ1) is 21.5. The zero-order valence-electron chi connectivity index (χ0n) is 17.8. The van der Waals surface area contributed by atoms with Crippen LogP contribution in [0.3, 0.4) is 0 Å². The fourth-order valence-electron chi connectivity index (χ4n) is 3.61. The van der Waals surface area contributed by atoms with Crippen LogP contribution in [0.15, 0.2) is 46.2 Å². The summed E-state index contributed by atoms with van der Waals surface area (Å²) in [5.41, 5.74) is 2.77. The first-order chi connectivity index (χ1) is 15.2. The van der Waals surface area contributed by atoms with E-state index < -0.39 is 0 Å². The molecular formula is C22H27N5O3S. The van der Waals surface area contributed by atoms with Gasteiger partial charge in [-0.2, -0.15) is 0 Å². The maximum atomic E-state index is 12.7. The minimum absolute atomic E-state index is 0.0715. The van der Waals surface area contributed by atoms with Gasteiger partial charge in [-0.1, -0.05) is 30.8 Å². The smallest absolute Gasteiger partial charge is 0.234 e. The van der Waals surface area contributed by atoms with Crippen LogP contribution in [0.1, 0.15) is 19.1 Å². The first-order valence-electron chi connectivity index (χ1n) is 10.5. The number of para-hydroxylation sites is 2. The van der Waals surface area contributed by atoms with Gasteiger partial charge in [-0.15, -0.1) is 10.2 Å². The number of hydrogen-bond donors (Lipinski definition) is 1. The molecule has 1 aliphatic rings. The van der Waals surface area contributed by atoms with Gasteiger partial charge in [-0.25, -0.2) is 0 Å². The third-order valence-corrected chi connectivity index (χ3v) is 6.09. The van der Waals surface area contributed by atoms with Crippen LogP contribution in [0, 0.1) is 6.92 Å². The highest BCUT2D eigenvalue weighted by atomic mass is 32.2. The van der Waals surface area contributed by atoms with Crippen molar-refractivity contribution in [1.29, 1.82) is 0 Å². The molecule has 31 heavy (non-hydrogen) atoms. The van der Waals surface area contributed by atoms with Crippen LogP contribution in [-0.2, 0) is 16.1 Å². The Balaban J connectivity index is 1.44. The molecule has 3 heterocycles.